The molecule has 0 bridgehead atoms. The second-order valence-corrected chi connectivity index (χ2v) is 9.65. The first-order chi connectivity index (χ1) is 17.8. The molecule has 5 rings (SSSR count). The van der Waals surface area contributed by atoms with Crippen molar-refractivity contribution < 1.29 is 26.8 Å². The lowest BCUT2D eigenvalue weighted by atomic mass is 9.95. The average Bonchev–Trinajstić information content (AvgIpc) is 3.40. The second-order valence-electron chi connectivity index (χ2n) is 7.97. The highest BCUT2D eigenvalue weighted by Crippen LogP contribution is 2.40. The minimum atomic E-state index is -3.92. The lowest BCUT2D eigenvalue weighted by Crippen LogP contribution is -2.13. The Bertz CT molecular complexity index is 1730. The van der Waals surface area contributed by atoms with Crippen molar-refractivity contribution in [2.45, 2.75) is 11.8 Å². The third-order valence-corrected chi connectivity index (χ3v) is 7.05. The summed E-state index contributed by atoms with van der Waals surface area (Å²) in [5.74, 6) is 0.314. The Labute approximate surface area is 211 Å². The number of rotatable bonds is 7. The van der Waals surface area contributed by atoms with Crippen molar-refractivity contribution in [1.29, 1.82) is 0 Å². The van der Waals surface area contributed by atoms with Crippen molar-refractivity contribution in [1.82, 2.24) is 20.1 Å². The van der Waals surface area contributed by atoms with Crippen molar-refractivity contribution >= 4 is 26.7 Å². The van der Waals surface area contributed by atoms with Gasteiger partial charge >= 0.3 is 0 Å². The summed E-state index contributed by atoms with van der Waals surface area (Å²) in [7, 11) is -0.942. The molecule has 2 aromatic carbocycles. The molecule has 37 heavy (non-hydrogen) atoms. The molecule has 3 aromatic heterocycles. The van der Waals surface area contributed by atoms with Crippen LogP contribution in [0, 0.1) is 12.7 Å². The van der Waals surface area contributed by atoms with Crippen LogP contribution < -0.4 is 14.2 Å². The van der Waals surface area contributed by atoms with Crippen molar-refractivity contribution in [3.05, 3.63) is 72.6 Å². The summed E-state index contributed by atoms with van der Waals surface area (Å²) in [4.78, 5) is 12.7. The van der Waals surface area contributed by atoms with E-state index in [-0.39, 0.29) is 16.6 Å². The number of anilines is 1. The highest BCUT2D eigenvalue weighted by Gasteiger charge is 2.20. The Morgan fingerprint density at radius 2 is 1.78 bits per heavy atom. The van der Waals surface area contributed by atoms with Crippen molar-refractivity contribution in [2.24, 2.45) is 0 Å². The number of benzene rings is 2. The van der Waals surface area contributed by atoms with Crippen LogP contribution in [-0.4, -0.2) is 42.7 Å². The first-order valence-electron chi connectivity index (χ1n) is 10.9. The molecule has 0 aliphatic carbocycles. The maximum absolute atomic E-state index is 14.0. The third-order valence-electron chi connectivity index (χ3n) is 5.70. The summed E-state index contributed by atoms with van der Waals surface area (Å²) < 4.78 is 57.6. The van der Waals surface area contributed by atoms with E-state index in [0.717, 1.165) is 11.8 Å². The van der Waals surface area contributed by atoms with Crippen LogP contribution >= 0.6 is 0 Å². The van der Waals surface area contributed by atoms with Gasteiger partial charge in [0.2, 0.25) is 5.88 Å². The largest absolute Gasteiger partial charge is 0.496 e. The number of sulfonamides is 1. The Kier molecular flexibility index (Phi) is 6.17. The number of aromatic nitrogens is 4. The van der Waals surface area contributed by atoms with Crippen LogP contribution in [0.25, 0.3) is 33.3 Å². The number of hydrogen-bond acceptors (Lipinski definition) is 9. The fourth-order valence-electron chi connectivity index (χ4n) is 3.99. The maximum Gasteiger partial charge on any atom is 0.263 e. The Hall–Kier alpha value is -4.58. The Morgan fingerprint density at radius 1 is 0.946 bits per heavy atom. The van der Waals surface area contributed by atoms with Crippen LogP contribution in [0.1, 0.15) is 5.56 Å². The van der Waals surface area contributed by atoms with E-state index in [2.05, 4.69) is 29.4 Å². The van der Waals surface area contributed by atoms with E-state index in [9.17, 15) is 12.8 Å². The molecule has 5 aromatic rings. The van der Waals surface area contributed by atoms with Crippen LogP contribution in [0.4, 0.5) is 10.2 Å². The van der Waals surface area contributed by atoms with Gasteiger partial charge in [-0.05, 0) is 54.4 Å². The van der Waals surface area contributed by atoms with Gasteiger partial charge in [0, 0.05) is 22.6 Å². The maximum atomic E-state index is 14.0. The van der Waals surface area contributed by atoms with E-state index >= 15 is 0 Å². The fraction of sp³-hybridized carbons (Fsp3) is 0.120. The zero-order chi connectivity index (χ0) is 26.2. The van der Waals surface area contributed by atoms with Crippen LogP contribution in [-0.2, 0) is 10.0 Å². The monoisotopic (exact) mass is 521 g/mol. The molecule has 0 amide bonds. The SMILES string of the molecule is COc1cc(-c2cc(F)cnc2OC)c(C)cc1-c1ncnc2cc(S(=O)(=O)Nc3ccon3)ccc12. The summed E-state index contributed by atoms with van der Waals surface area (Å²) in [6, 6.07) is 10.9. The lowest BCUT2D eigenvalue weighted by Gasteiger charge is -2.16. The molecule has 3 heterocycles. The molecule has 188 valence electrons. The van der Waals surface area contributed by atoms with E-state index in [1.54, 1.807) is 12.1 Å². The first kappa shape index (κ1) is 24.1. The van der Waals surface area contributed by atoms with E-state index in [1.165, 1.54) is 51.1 Å². The number of nitrogens with zero attached hydrogens (tertiary/aromatic N) is 4. The van der Waals surface area contributed by atoms with Crippen molar-refractivity contribution in [2.75, 3.05) is 18.9 Å². The molecule has 0 saturated heterocycles. The molecule has 0 saturated carbocycles. The third kappa shape index (κ3) is 4.54. The zero-order valence-electron chi connectivity index (χ0n) is 19.9. The average molecular weight is 522 g/mol. The zero-order valence-corrected chi connectivity index (χ0v) is 20.7. The van der Waals surface area contributed by atoms with E-state index in [1.807, 2.05) is 13.0 Å². The molecule has 0 aliphatic rings. The van der Waals surface area contributed by atoms with Gasteiger partial charge in [0.15, 0.2) is 5.82 Å². The molecular weight excluding hydrogens is 501 g/mol. The fourth-order valence-corrected chi connectivity index (χ4v) is 5.01. The molecule has 0 spiro atoms. The quantitative estimate of drug-likeness (QED) is 0.326. The minimum absolute atomic E-state index is 0.00292. The van der Waals surface area contributed by atoms with Crippen LogP contribution in [0.2, 0.25) is 0 Å². The van der Waals surface area contributed by atoms with Crippen LogP contribution in [0.15, 0.2) is 70.7 Å². The second kappa shape index (κ2) is 9.47. The summed E-state index contributed by atoms with van der Waals surface area (Å²) in [6.07, 6.45) is 3.70. The Morgan fingerprint density at radius 3 is 2.51 bits per heavy atom. The van der Waals surface area contributed by atoms with Crippen molar-refractivity contribution in [3.8, 4) is 34.0 Å². The predicted octanol–water partition coefficient (Wildman–Crippen LogP) is 4.61. The molecule has 1 N–H and O–H groups in total. The summed E-state index contributed by atoms with van der Waals surface area (Å²) in [6.45, 7) is 1.87. The van der Waals surface area contributed by atoms with Gasteiger partial charge in [0.25, 0.3) is 10.0 Å². The normalized spacial score (nSPS) is 11.5. The van der Waals surface area contributed by atoms with Gasteiger partial charge in [-0.25, -0.2) is 27.8 Å². The standard InChI is InChI=1S/C25H20FN5O5S/c1-14-8-20(22(34-2)11-18(14)19-9-15(26)12-27-25(19)35-3)24-17-5-4-16(10-21(17)28-13-29-24)37(32,33)31-23-6-7-36-30-23/h4-13H,1-3H3,(H,30,31). The highest BCUT2D eigenvalue weighted by molar-refractivity contribution is 7.92. The van der Waals surface area contributed by atoms with E-state index in [0.29, 0.717) is 39.0 Å². The molecule has 0 radical (unpaired) electrons. The molecule has 0 fully saturated rings. The van der Waals surface area contributed by atoms with E-state index in [4.69, 9.17) is 9.47 Å². The van der Waals surface area contributed by atoms with E-state index < -0.39 is 15.8 Å². The number of pyridine rings is 1. The van der Waals surface area contributed by atoms with Gasteiger partial charge in [0.1, 0.15) is 24.2 Å². The van der Waals surface area contributed by atoms with Crippen molar-refractivity contribution in [3.63, 3.8) is 0 Å². The lowest BCUT2D eigenvalue weighted by molar-refractivity contribution is 0.397. The molecule has 0 atom stereocenters. The van der Waals surface area contributed by atoms with Gasteiger partial charge in [-0.2, -0.15) is 0 Å². The molecule has 0 aliphatic heterocycles. The van der Waals surface area contributed by atoms with Gasteiger partial charge in [-0.15, -0.1) is 0 Å². The van der Waals surface area contributed by atoms with Crippen LogP contribution in [0.5, 0.6) is 11.6 Å². The van der Waals surface area contributed by atoms with Gasteiger partial charge in [-0.1, -0.05) is 5.16 Å². The van der Waals surface area contributed by atoms with Gasteiger partial charge in [0.05, 0.1) is 36.5 Å². The summed E-state index contributed by atoms with van der Waals surface area (Å²) in [5.41, 5.74) is 3.55. The molecular formula is C25H20FN5O5S. The molecule has 12 heteroatoms. The topological polar surface area (TPSA) is 129 Å². The predicted molar refractivity (Wildman–Crippen MR) is 133 cm³/mol. The number of fused-ring (bicyclic) bond motifs is 1. The Balaban J connectivity index is 1.61. The highest BCUT2D eigenvalue weighted by atomic mass is 32.2. The number of aryl methyl sites for hydroxylation is 1. The number of ether oxygens (including phenoxy) is 2. The summed E-state index contributed by atoms with van der Waals surface area (Å²) >= 11 is 0. The molecule has 10 nitrogen and oxygen atoms in total. The number of nitrogens with one attached hydrogen (secondary N) is 1. The molecule has 0 unspecified atom stereocenters. The van der Waals surface area contributed by atoms with Crippen LogP contribution in [0.3, 0.4) is 0 Å². The smallest absolute Gasteiger partial charge is 0.263 e. The first-order valence-corrected chi connectivity index (χ1v) is 12.4. The number of halogens is 1. The summed E-state index contributed by atoms with van der Waals surface area (Å²) in [5, 5.41) is 4.19. The van der Waals surface area contributed by atoms with Gasteiger partial charge in [-0.3, -0.25) is 4.72 Å². The van der Waals surface area contributed by atoms with Gasteiger partial charge < -0.3 is 14.0 Å². The number of hydrogen-bond donors (Lipinski definition) is 1. The number of methoxy groups -OCH3 is 2. The minimum Gasteiger partial charge on any atom is -0.496 e.